The molecule has 0 unspecified atom stereocenters. The van der Waals surface area contributed by atoms with Gasteiger partial charge in [-0.2, -0.15) is 0 Å². The average Bonchev–Trinajstić information content (AvgIpc) is 3.11. The molecule has 1 aromatic carbocycles. The fraction of sp³-hybridized carbons (Fsp3) is 0.294. The summed E-state index contributed by atoms with van der Waals surface area (Å²) in [5.74, 6) is 0.374. The van der Waals surface area contributed by atoms with E-state index in [-0.39, 0.29) is 11.5 Å². The molecule has 0 saturated heterocycles. The van der Waals surface area contributed by atoms with Gasteiger partial charge in [-0.15, -0.1) is 11.3 Å². The van der Waals surface area contributed by atoms with Gasteiger partial charge >= 0.3 is 0 Å². The third-order valence-electron chi connectivity index (χ3n) is 4.08. The van der Waals surface area contributed by atoms with Gasteiger partial charge in [-0.3, -0.25) is 14.9 Å². The molecule has 0 atom stereocenters. The molecule has 3 rings (SSSR count). The van der Waals surface area contributed by atoms with Crippen LogP contribution in [0.4, 0.5) is 5.69 Å². The zero-order valence-electron chi connectivity index (χ0n) is 14.1. The van der Waals surface area contributed by atoms with Gasteiger partial charge in [0.25, 0.3) is 5.69 Å². The summed E-state index contributed by atoms with van der Waals surface area (Å²) in [7, 11) is 0. The third kappa shape index (κ3) is 3.45. The number of ketones is 1. The largest absolute Gasteiger partial charge is 0.349 e. The SMILES string of the molecule is CCn1c(C)cc(C(=O)CSc2nc3ccc([N+](=O)[O-])cc3s2)c1C. The molecule has 130 valence electrons. The number of aromatic nitrogens is 2. The Kier molecular flexibility index (Phi) is 4.91. The number of nitrogens with zero attached hydrogens (tertiary/aromatic N) is 3. The quantitative estimate of drug-likeness (QED) is 0.272. The first-order valence-corrected chi connectivity index (χ1v) is 9.58. The normalized spacial score (nSPS) is 11.2. The van der Waals surface area contributed by atoms with Crippen LogP contribution in [0.3, 0.4) is 0 Å². The van der Waals surface area contributed by atoms with Crippen LogP contribution in [-0.4, -0.2) is 26.0 Å². The summed E-state index contributed by atoms with van der Waals surface area (Å²) in [6.45, 7) is 6.87. The molecule has 0 aliphatic carbocycles. The number of thiazole rings is 1. The highest BCUT2D eigenvalue weighted by molar-refractivity contribution is 8.01. The molecular weight excluding hydrogens is 358 g/mol. The predicted molar refractivity (Wildman–Crippen MR) is 101 cm³/mol. The molecule has 0 bridgehead atoms. The van der Waals surface area contributed by atoms with E-state index < -0.39 is 4.92 Å². The molecule has 0 amide bonds. The number of nitro groups is 1. The van der Waals surface area contributed by atoms with E-state index in [0.29, 0.717) is 5.75 Å². The fourth-order valence-electron chi connectivity index (χ4n) is 2.84. The van der Waals surface area contributed by atoms with Crippen molar-refractivity contribution in [3.63, 3.8) is 0 Å². The fourth-order valence-corrected chi connectivity index (χ4v) is 4.83. The maximum Gasteiger partial charge on any atom is 0.270 e. The van der Waals surface area contributed by atoms with Gasteiger partial charge in [-0.1, -0.05) is 11.8 Å². The highest BCUT2D eigenvalue weighted by Crippen LogP contribution is 2.32. The van der Waals surface area contributed by atoms with E-state index in [4.69, 9.17) is 0 Å². The molecule has 3 aromatic rings. The molecule has 0 saturated carbocycles. The van der Waals surface area contributed by atoms with Crippen molar-refractivity contribution in [2.75, 3.05) is 5.75 Å². The number of carbonyl (C=O) groups is 1. The lowest BCUT2D eigenvalue weighted by Crippen LogP contribution is -2.05. The lowest BCUT2D eigenvalue weighted by Gasteiger charge is -2.05. The van der Waals surface area contributed by atoms with E-state index in [1.807, 2.05) is 19.9 Å². The van der Waals surface area contributed by atoms with Crippen molar-refractivity contribution in [3.05, 3.63) is 51.3 Å². The van der Waals surface area contributed by atoms with Crippen molar-refractivity contribution in [1.82, 2.24) is 9.55 Å². The Balaban J connectivity index is 1.76. The number of benzene rings is 1. The Morgan fingerprint density at radius 2 is 2.12 bits per heavy atom. The summed E-state index contributed by atoms with van der Waals surface area (Å²) in [5, 5.41) is 10.8. The number of aryl methyl sites for hydroxylation is 1. The van der Waals surface area contributed by atoms with Crippen LogP contribution in [0.2, 0.25) is 0 Å². The predicted octanol–water partition coefficient (Wildman–Crippen LogP) is 4.62. The molecule has 8 heteroatoms. The summed E-state index contributed by atoms with van der Waals surface area (Å²) >= 11 is 2.75. The van der Waals surface area contributed by atoms with Crippen LogP contribution in [0.1, 0.15) is 28.7 Å². The number of Topliss-reactive ketones (excluding diaryl/α,β-unsaturated/α-hetero) is 1. The van der Waals surface area contributed by atoms with Crippen LogP contribution in [-0.2, 0) is 6.54 Å². The van der Waals surface area contributed by atoms with Crippen LogP contribution in [0.25, 0.3) is 10.2 Å². The Bertz CT molecular complexity index is 975. The van der Waals surface area contributed by atoms with Crippen molar-refractivity contribution in [2.24, 2.45) is 0 Å². The smallest absolute Gasteiger partial charge is 0.270 e. The van der Waals surface area contributed by atoms with Gasteiger partial charge < -0.3 is 4.57 Å². The van der Waals surface area contributed by atoms with Crippen LogP contribution >= 0.6 is 23.1 Å². The van der Waals surface area contributed by atoms with Crippen molar-refractivity contribution >= 4 is 44.8 Å². The number of rotatable bonds is 6. The van der Waals surface area contributed by atoms with E-state index in [2.05, 4.69) is 16.5 Å². The Hall–Kier alpha value is -2.19. The highest BCUT2D eigenvalue weighted by Gasteiger charge is 2.16. The minimum atomic E-state index is -0.418. The van der Waals surface area contributed by atoms with Gasteiger partial charge in [0.15, 0.2) is 10.1 Å². The van der Waals surface area contributed by atoms with Gasteiger partial charge in [0.05, 0.1) is 20.9 Å². The Labute approximate surface area is 153 Å². The Morgan fingerprint density at radius 1 is 1.36 bits per heavy atom. The average molecular weight is 375 g/mol. The molecule has 0 radical (unpaired) electrons. The molecule has 0 spiro atoms. The molecule has 2 aromatic heterocycles. The molecule has 0 N–H and O–H groups in total. The number of hydrogen-bond donors (Lipinski definition) is 0. The van der Waals surface area contributed by atoms with Crippen LogP contribution in [0.5, 0.6) is 0 Å². The molecular formula is C17H17N3O3S2. The first-order chi connectivity index (χ1) is 11.9. The first kappa shape index (κ1) is 17.6. The van der Waals surface area contributed by atoms with Gasteiger partial charge in [-0.05, 0) is 32.9 Å². The molecule has 2 heterocycles. The summed E-state index contributed by atoms with van der Waals surface area (Å²) in [5.41, 5.74) is 3.60. The van der Waals surface area contributed by atoms with Gasteiger partial charge in [0.2, 0.25) is 0 Å². The molecule has 25 heavy (non-hydrogen) atoms. The van der Waals surface area contributed by atoms with Gasteiger partial charge in [0.1, 0.15) is 0 Å². The summed E-state index contributed by atoms with van der Waals surface area (Å²) in [6, 6.07) is 6.54. The van der Waals surface area contributed by atoms with Crippen LogP contribution in [0.15, 0.2) is 28.6 Å². The van der Waals surface area contributed by atoms with E-state index in [1.54, 1.807) is 6.07 Å². The number of non-ortho nitro benzene ring substituents is 1. The van der Waals surface area contributed by atoms with Crippen molar-refractivity contribution < 1.29 is 9.72 Å². The lowest BCUT2D eigenvalue weighted by atomic mass is 10.2. The number of carbonyl (C=O) groups excluding carboxylic acids is 1. The Morgan fingerprint density at radius 3 is 2.76 bits per heavy atom. The standard InChI is InChI=1S/C17H17N3O3S2/c1-4-19-10(2)7-13(11(19)3)15(21)9-24-17-18-14-6-5-12(20(22)23)8-16(14)25-17/h5-8H,4,9H2,1-3H3. The maximum atomic E-state index is 12.5. The van der Waals surface area contributed by atoms with E-state index in [0.717, 1.165) is 38.1 Å². The highest BCUT2D eigenvalue weighted by atomic mass is 32.2. The monoisotopic (exact) mass is 375 g/mol. The second kappa shape index (κ2) is 6.97. The second-order valence-corrected chi connectivity index (χ2v) is 7.88. The summed E-state index contributed by atoms with van der Waals surface area (Å²) < 4.78 is 3.62. The minimum absolute atomic E-state index is 0.0516. The summed E-state index contributed by atoms with van der Waals surface area (Å²) in [4.78, 5) is 27.4. The third-order valence-corrected chi connectivity index (χ3v) is 6.24. The molecule has 0 fully saturated rings. The van der Waals surface area contributed by atoms with Gasteiger partial charge in [-0.25, -0.2) is 4.98 Å². The van der Waals surface area contributed by atoms with Crippen molar-refractivity contribution in [3.8, 4) is 0 Å². The van der Waals surface area contributed by atoms with Crippen molar-refractivity contribution in [2.45, 2.75) is 31.7 Å². The number of hydrogen-bond acceptors (Lipinski definition) is 6. The number of thioether (sulfide) groups is 1. The molecule has 6 nitrogen and oxygen atoms in total. The van der Waals surface area contributed by atoms with E-state index in [1.165, 1.54) is 35.2 Å². The lowest BCUT2D eigenvalue weighted by molar-refractivity contribution is -0.384. The first-order valence-electron chi connectivity index (χ1n) is 7.78. The van der Waals surface area contributed by atoms with E-state index in [9.17, 15) is 14.9 Å². The number of nitro benzene ring substituents is 1. The van der Waals surface area contributed by atoms with Crippen LogP contribution in [0, 0.1) is 24.0 Å². The topological polar surface area (TPSA) is 78.0 Å². The maximum absolute atomic E-state index is 12.5. The summed E-state index contributed by atoms with van der Waals surface area (Å²) in [6.07, 6.45) is 0. The van der Waals surface area contributed by atoms with Crippen LogP contribution < -0.4 is 0 Å². The second-order valence-electron chi connectivity index (χ2n) is 5.63. The molecule has 0 aliphatic rings. The van der Waals surface area contributed by atoms with Crippen molar-refractivity contribution in [1.29, 1.82) is 0 Å². The zero-order chi connectivity index (χ0) is 18.1. The van der Waals surface area contributed by atoms with E-state index >= 15 is 0 Å². The zero-order valence-corrected chi connectivity index (χ0v) is 15.7. The number of fused-ring (bicyclic) bond motifs is 1. The van der Waals surface area contributed by atoms with Gasteiger partial charge in [0, 0.05) is 35.6 Å². The minimum Gasteiger partial charge on any atom is -0.349 e. The molecule has 0 aliphatic heterocycles.